The van der Waals surface area contributed by atoms with Crippen molar-refractivity contribution < 1.29 is 8.42 Å². The largest absolute Gasteiger partial charge is 0.351 e. The SMILES string of the molecule is O=S(=O)(/C=C/CCc1c[nH]cn1)NCc1ccc(Cl)cc1. The van der Waals surface area contributed by atoms with Crippen molar-refractivity contribution in [1.29, 1.82) is 0 Å². The molecular formula is C14H16ClN3O2S. The van der Waals surface area contributed by atoms with E-state index in [0.29, 0.717) is 17.9 Å². The van der Waals surface area contributed by atoms with E-state index in [9.17, 15) is 8.42 Å². The van der Waals surface area contributed by atoms with Crippen LogP contribution in [-0.4, -0.2) is 18.4 Å². The molecule has 0 radical (unpaired) electrons. The minimum absolute atomic E-state index is 0.239. The molecule has 0 unspecified atom stereocenters. The number of nitrogens with one attached hydrogen (secondary N) is 2. The third-order valence-corrected chi connectivity index (χ3v) is 4.14. The Hall–Kier alpha value is -1.63. The highest BCUT2D eigenvalue weighted by atomic mass is 35.5. The van der Waals surface area contributed by atoms with Gasteiger partial charge >= 0.3 is 0 Å². The highest BCUT2D eigenvalue weighted by molar-refractivity contribution is 7.92. The number of sulfonamides is 1. The van der Waals surface area contributed by atoms with E-state index in [-0.39, 0.29) is 6.54 Å². The number of H-pyrrole nitrogens is 1. The molecule has 2 aromatic rings. The molecule has 0 fully saturated rings. The van der Waals surface area contributed by atoms with E-state index in [0.717, 1.165) is 11.3 Å². The second kappa shape index (κ2) is 7.40. The van der Waals surface area contributed by atoms with Crippen molar-refractivity contribution in [2.45, 2.75) is 19.4 Å². The Morgan fingerprint density at radius 1 is 1.29 bits per heavy atom. The average molecular weight is 326 g/mol. The summed E-state index contributed by atoms with van der Waals surface area (Å²) >= 11 is 5.77. The van der Waals surface area contributed by atoms with Gasteiger partial charge in [0.05, 0.1) is 12.0 Å². The van der Waals surface area contributed by atoms with Crippen LogP contribution in [0.1, 0.15) is 17.7 Å². The first-order valence-electron chi connectivity index (χ1n) is 6.43. The monoisotopic (exact) mass is 325 g/mol. The number of benzene rings is 1. The van der Waals surface area contributed by atoms with E-state index in [4.69, 9.17) is 11.6 Å². The lowest BCUT2D eigenvalue weighted by Crippen LogP contribution is -2.20. The minimum atomic E-state index is -3.42. The Labute approximate surface area is 129 Å². The molecule has 1 aromatic carbocycles. The number of halogens is 1. The first-order valence-corrected chi connectivity index (χ1v) is 8.36. The number of rotatable bonds is 7. The first-order chi connectivity index (χ1) is 10.1. The molecule has 1 aromatic heterocycles. The second-order valence-corrected chi connectivity index (χ2v) is 6.55. The third-order valence-electron chi connectivity index (χ3n) is 2.79. The Balaban J connectivity index is 1.79. The third kappa shape index (κ3) is 5.71. The van der Waals surface area contributed by atoms with Crippen molar-refractivity contribution >= 4 is 21.6 Å². The summed E-state index contributed by atoms with van der Waals surface area (Å²) in [6.45, 7) is 0.239. The molecule has 0 atom stereocenters. The van der Waals surface area contributed by atoms with Crippen molar-refractivity contribution in [2.24, 2.45) is 0 Å². The Kier molecular flexibility index (Phi) is 5.55. The van der Waals surface area contributed by atoms with Crippen LogP contribution in [0.15, 0.2) is 48.3 Å². The van der Waals surface area contributed by atoms with Crippen LogP contribution in [0.2, 0.25) is 5.02 Å². The normalized spacial score (nSPS) is 12.0. The van der Waals surface area contributed by atoms with Gasteiger partial charge in [-0.25, -0.2) is 18.1 Å². The van der Waals surface area contributed by atoms with E-state index in [1.807, 2.05) is 0 Å². The molecule has 21 heavy (non-hydrogen) atoms. The van der Waals surface area contributed by atoms with Crippen molar-refractivity contribution in [3.63, 3.8) is 0 Å². The van der Waals surface area contributed by atoms with Crippen molar-refractivity contribution in [3.8, 4) is 0 Å². The predicted molar refractivity (Wildman–Crippen MR) is 83.3 cm³/mol. The van der Waals surface area contributed by atoms with Crippen LogP contribution in [0.3, 0.4) is 0 Å². The molecule has 0 saturated heterocycles. The lowest BCUT2D eigenvalue weighted by atomic mass is 10.2. The van der Waals surface area contributed by atoms with Gasteiger partial charge in [-0.1, -0.05) is 29.8 Å². The molecule has 0 aliphatic heterocycles. The molecule has 112 valence electrons. The van der Waals surface area contributed by atoms with Crippen molar-refractivity contribution in [1.82, 2.24) is 14.7 Å². The number of aromatic nitrogens is 2. The summed E-state index contributed by atoms with van der Waals surface area (Å²) < 4.78 is 26.1. The number of imidazole rings is 1. The first kappa shape index (κ1) is 15.8. The topological polar surface area (TPSA) is 74.8 Å². The number of aromatic amines is 1. The molecule has 0 bridgehead atoms. The number of hydrogen-bond donors (Lipinski definition) is 2. The van der Waals surface area contributed by atoms with E-state index >= 15 is 0 Å². The Bertz CT molecular complexity index is 680. The number of allylic oxidation sites excluding steroid dienone is 1. The molecule has 0 amide bonds. The highest BCUT2D eigenvalue weighted by Gasteiger charge is 2.04. The van der Waals surface area contributed by atoms with Crippen LogP contribution in [0, 0.1) is 0 Å². The maximum absolute atomic E-state index is 11.8. The van der Waals surface area contributed by atoms with Crippen molar-refractivity contribution in [2.75, 3.05) is 0 Å². The van der Waals surface area contributed by atoms with Gasteiger partial charge in [0, 0.05) is 23.2 Å². The number of nitrogens with zero attached hydrogens (tertiary/aromatic N) is 1. The van der Waals surface area contributed by atoms with Gasteiger partial charge in [-0.15, -0.1) is 0 Å². The van der Waals surface area contributed by atoms with Gasteiger partial charge in [-0.2, -0.15) is 0 Å². The smallest absolute Gasteiger partial charge is 0.233 e. The molecule has 5 nitrogen and oxygen atoms in total. The minimum Gasteiger partial charge on any atom is -0.351 e. The van der Waals surface area contributed by atoms with Crippen LogP contribution >= 0.6 is 11.6 Å². The summed E-state index contributed by atoms with van der Waals surface area (Å²) in [5.41, 5.74) is 1.76. The average Bonchev–Trinajstić information content (AvgIpc) is 2.96. The zero-order chi connectivity index (χ0) is 15.1. The maximum Gasteiger partial charge on any atom is 0.233 e. The van der Waals surface area contributed by atoms with Crippen LogP contribution in [0.25, 0.3) is 0 Å². The van der Waals surface area contributed by atoms with Crippen LogP contribution in [-0.2, 0) is 23.0 Å². The molecule has 2 rings (SSSR count). The number of aryl methyl sites for hydroxylation is 1. The summed E-state index contributed by atoms with van der Waals surface area (Å²) in [6.07, 6.45) is 6.34. The number of hydrogen-bond acceptors (Lipinski definition) is 3. The zero-order valence-corrected chi connectivity index (χ0v) is 12.9. The van der Waals surface area contributed by atoms with E-state index in [2.05, 4.69) is 14.7 Å². The quantitative estimate of drug-likeness (QED) is 0.821. The van der Waals surface area contributed by atoms with E-state index in [1.54, 1.807) is 42.9 Å². The van der Waals surface area contributed by atoms with Gasteiger partial charge in [0.25, 0.3) is 0 Å². The van der Waals surface area contributed by atoms with E-state index in [1.165, 1.54) is 5.41 Å². The summed E-state index contributed by atoms with van der Waals surface area (Å²) in [5.74, 6) is 0. The summed E-state index contributed by atoms with van der Waals surface area (Å²) in [4.78, 5) is 6.92. The summed E-state index contributed by atoms with van der Waals surface area (Å²) in [7, 11) is -3.42. The molecule has 0 aliphatic carbocycles. The van der Waals surface area contributed by atoms with Gasteiger partial charge in [-0.05, 0) is 30.5 Å². The zero-order valence-electron chi connectivity index (χ0n) is 11.3. The molecule has 0 spiro atoms. The molecular weight excluding hydrogens is 310 g/mol. The van der Waals surface area contributed by atoms with Crippen LogP contribution in [0.5, 0.6) is 0 Å². The fourth-order valence-electron chi connectivity index (χ4n) is 1.69. The van der Waals surface area contributed by atoms with E-state index < -0.39 is 10.0 Å². The summed E-state index contributed by atoms with van der Waals surface area (Å²) in [6, 6.07) is 7.02. The van der Waals surface area contributed by atoms with Gasteiger partial charge in [-0.3, -0.25) is 0 Å². The lowest BCUT2D eigenvalue weighted by Gasteiger charge is -2.03. The summed E-state index contributed by atoms with van der Waals surface area (Å²) in [5, 5.41) is 1.81. The molecule has 1 heterocycles. The standard InChI is InChI=1S/C14H16ClN3O2S/c15-13-6-4-12(5-7-13)9-18-21(19,20)8-2-1-3-14-10-16-11-17-14/h2,4-8,10-11,18H,1,3,9H2,(H,16,17)/b8-2+. The van der Waals surface area contributed by atoms with Crippen LogP contribution < -0.4 is 4.72 Å². The Morgan fingerprint density at radius 3 is 2.71 bits per heavy atom. The van der Waals surface area contributed by atoms with Gasteiger partial charge < -0.3 is 4.98 Å². The molecule has 0 saturated carbocycles. The molecule has 2 N–H and O–H groups in total. The van der Waals surface area contributed by atoms with Crippen LogP contribution in [0.4, 0.5) is 0 Å². The van der Waals surface area contributed by atoms with Gasteiger partial charge in [0.2, 0.25) is 10.0 Å². The molecule has 0 aliphatic rings. The van der Waals surface area contributed by atoms with Gasteiger partial charge in [0.15, 0.2) is 0 Å². The second-order valence-electron chi connectivity index (χ2n) is 4.46. The molecule has 7 heteroatoms. The maximum atomic E-state index is 11.8. The van der Waals surface area contributed by atoms with Gasteiger partial charge in [0.1, 0.15) is 0 Å². The lowest BCUT2D eigenvalue weighted by molar-refractivity contribution is 0.590. The fourth-order valence-corrected chi connectivity index (χ4v) is 2.67. The fraction of sp³-hybridized carbons (Fsp3) is 0.214. The predicted octanol–water partition coefficient (Wildman–Crippen LogP) is 2.63. The Morgan fingerprint density at radius 2 is 2.05 bits per heavy atom. The van der Waals surface area contributed by atoms with Crippen molar-refractivity contribution in [3.05, 3.63) is 64.6 Å². The highest BCUT2D eigenvalue weighted by Crippen LogP contribution is 2.09.